The third-order valence-corrected chi connectivity index (χ3v) is 4.96. The van der Waals surface area contributed by atoms with E-state index in [0.29, 0.717) is 0 Å². The predicted molar refractivity (Wildman–Crippen MR) is 93.0 cm³/mol. The highest BCUT2D eigenvalue weighted by Crippen LogP contribution is 2.34. The lowest BCUT2D eigenvalue weighted by molar-refractivity contribution is 0.830. The summed E-state index contributed by atoms with van der Waals surface area (Å²) in [6.07, 6.45) is 5.54. The Labute approximate surface area is 135 Å². The smallest absolute Gasteiger partial charge is 0.0406 e. The molecule has 0 bridgehead atoms. The van der Waals surface area contributed by atoms with Gasteiger partial charge in [-0.25, -0.2) is 0 Å². The van der Waals surface area contributed by atoms with Crippen molar-refractivity contribution in [2.75, 3.05) is 5.88 Å². The van der Waals surface area contributed by atoms with E-state index >= 15 is 0 Å². The van der Waals surface area contributed by atoms with Crippen molar-refractivity contribution in [3.63, 3.8) is 0 Å². The quantitative estimate of drug-likeness (QED) is 0.401. The van der Waals surface area contributed by atoms with E-state index in [9.17, 15) is 0 Å². The zero-order valence-corrected chi connectivity index (χ0v) is 13.9. The van der Waals surface area contributed by atoms with E-state index < -0.39 is 0 Å². The molecule has 0 aliphatic heterocycles. The van der Waals surface area contributed by atoms with E-state index in [2.05, 4.69) is 37.3 Å². The first-order chi connectivity index (χ1) is 9.74. The molecule has 106 valence electrons. The number of hydrogen-bond donors (Lipinski definition) is 0. The zero-order valence-electron chi connectivity index (χ0n) is 11.5. The number of halogens is 2. The van der Waals surface area contributed by atoms with Gasteiger partial charge in [0.05, 0.1) is 0 Å². The summed E-state index contributed by atoms with van der Waals surface area (Å²) in [7, 11) is 0. The Hall–Kier alpha value is -0.760. The van der Waals surface area contributed by atoms with Crippen LogP contribution in [0.15, 0.2) is 42.5 Å². The maximum absolute atomic E-state index is 5.93. The number of rotatable bonds is 6. The molecule has 1 aromatic carbocycles. The Kier molecular flexibility index (Phi) is 6.15. The molecule has 0 aliphatic rings. The molecular weight excluding hydrogens is 307 g/mol. The summed E-state index contributed by atoms with van der Waals surface area (Å²) < 4.78 is 0. The van der Waals surface area contributed by atoms with Gasteiger partial charge in [0, 0.05) is 20.7 Å². The highest BCUT2D eigenvalue weighted by molar-refractivity contribution is 7.16. The summed E-state index contributed by atoms with van der Waals surface area (Å²) in [6.45, 7) is 2.11. The second-order valence-electron chi connectivity index (χ2n) is 4.63. The number of unbranched alkanes of at least 4 members (excludes halogenated alkanes) is 1. The Morgan fingerprint density at radius 3 is 2.50 bits per heavy atom. The van der Waals surface area contributed by atoms with Crippen LogP contribution in [0.25, 0.3) is 16.0 Å². The Morgan fingerprint density at radius 1 is 1.10 bits per heavy atom. The van der Waals surface area contributed by atoms with Gasteiger partial charge in [-0.1, -0.05) is 29.8 Å². The highest BCUT2D eigenvalue weighted by atomic mass is 35.5. The molecule has 20 heavy (non-hydrogen) atoms. The van der Waals surface area contributed by atoms with Crippen LogP contribution in [0.4, 0.5) is 0 Å². The van der Waals surface area contributed by atoms with Gasteiger partial charge >= 0.3 is 0 Å². The highest BCUT2D eigenvalue weighted by Gasteiger charge is 2.06. The van der Waals surface area contributed by atoms with Crippen LogP contribution in [0.3, 0.4) is 0 Å². The molecule has 2 rings (SSSR count). The number of allylic oxidation sites excluding steroid dienone is 2. The minimum absolute atomic E-state index is 0.747. The Bertz CT molecular complexity index is 567. The molecule has 0 radical (unpaired) electrons. The van der Waals surface area contributed by atoms with Crippen LogP contribution in [0.2, 0.25) is 5.02 Å². The summed E-state index contributed by atoms with van der Waals surface area (Å²) in [5, 5.41) is 0.778. The average Bonchev–Trinajstić information content (AvgIpc) is 2.94. The minimum Gasteiger partial charge on any atom is -0.136 e. The van der Waals surface area contributed by atoms with Gasteiger partial charge in [0.1, 0.15) is 0 Å². The number of benzene rings is 1. The summed E-state index contributed by atoms with van der Waals surface area (Å²) in [4.78, 5) is 2.64. The molecule has 0 saturated carbocycles. The van der Waals surface area contributed by atoms with Crippen molar-refractivity contribution in [1.82, 2.24) is 0 Å². The van der Waals surface area contributed by atoms with Gasteiger partial charge in [-0.15, -0.1) is 22.9 Å². The third kappa shape index (κ3) is 4.12. The zero-order chi connectivity index (χ0) is 14.4. The molecule has 1 heterocycles. The lowest BCUT2D eigenvalue weighted by Crippen LogP contribution is -1.82. The molecule has 0 atom stereocenters. The molecule has 0 unspecified atom stereocenters. The lowest BCUT2D eigenvalue weighted by atomic mass is 10.1. The van der Waals surface area contributed by atoms with E-state index in [-0.39, 0.29) is 0 Å². The van der Waals surface area contributed by atoms with Gasteiger partial charge in [0.15, 0.2) is 0 Å². The maximum atomic E-state index is 5.93. The number of hydrogen-bond acceptors (Lipinski definition) is 1. The number of alkyl halides is 1. The molecule has 0 saturated heterocycles. The van der Waals surface area contributed by atoms with Crippen LogP contribution in [0.1, 0.15) is 31.1 Å². The first-order valence-corrected chi connectivity index (χ1v) is 8.55. The summed E-state index contributed by atoms with van der Waals surface area (Å²) in [5.41, 5.74) is 2.64. The Balaban J connectivity index is 2.13. The van der Waals surface area contributed by atoms with Crippen molar-refractivity contribution in [3.05, 3.63) is 52.4 Å². The van der Waals surface area contributed by atoms with E-state index in [1.807, 2.05) is 23.5 Å². The molecular formula is C17H18Cl2S. The van der Waals surface area contributed by atoms with Crippen LogP contribution >= 0.6 is 34.5 Å². The molecule has 0 N–H and O–H groups in total. The fraction of sp³-hybridized carbons (Fsp3) is 0.294. The molecule has 0 nitrogen and oxygen atoms in total. The van der Waals surface area contributed by atoms with Crippen molar-refractivity contribution in [1.29, 1.82) is 0 Å². The van der Waals surface area contributed by atoms with Gasteiger partial charge < -0.3 is 0 Å². The normalized spacial score (nSPS) is 11.8. The maximum Gasteiger partial charge on any atom is 0.0406 e. The summed E-state index contributed by atoms with van der Waals surface area (Å²) in [6, 6.07) is 12.4. The minimum atomic E-state index is 0.747. The summed E-state index contributed by atoms with van der Waals surface area (Å²) >= 11 is 13.5. The van der Waals surface area contributed by atoms with E-state index in [1.165, 1.54) is 20.9 Å². The molecule has 2 aromatic rings. The van der Waals surface area contributed by atoms with Crippen molar-refractivity contribution in [2.45, 2.75) is 26.2 Å². The van der Waals surface area contributed by atoms with Crippen LogP contribution in [-0.2, 0) is 0 Å². The van der Waals surface area contributed by atoms with Crippen molar-refractivity contribution < 1.29 is 0 Å². The standard InChI is InChI=1S/C17H18Cl2S/c1-2-13(5-3-4-12-18)16-10-11-17(20-16)14-6-8-15(19)9-7-14/h2,6-11H,3-5,12H2,1H3. The van der Waals surface area contributed by atoms with E-state index in [1.54, 1.807) is 0 Å². The fourth-order valence-electron chi connectivity index (χ4n) is 2.10. The predicted octanol–water partition coefficient (Wildman–Crippen LogP) is 6.88. The van der Waals surface area contributed by atoms with Crippen LogP contribution in [-0.4, -0.2) is 5.88 Å². The Morgan fingerprint density at radius 2 is 1.85 bits per heavy atom. The average molecular weight is 325 g/mol. The molecule has 1 aromatic heterocycles. The van der Waals surface area contributed by atoms with Crippen molar-refractivity contribution in [2.24, 2.45) is 0 Å². The molecule has 3 heteroatoms. The molecule has 0 fully saturated rings. The van der Waals surface area contributed by atoms with Crippen LogP contribution < -0.4 is 0 Å². The number of thiophene rings is 1. The molecule has 0 aliphatic carbocycles. The van der Waals surface area contributed by atoms with E-state index in [4.69, 9.17) is 23.2 Å². The lowest BCUT2D eigenvalue weighted by Gasteiger charge is -2.03. The van der Waals surface area contributed by atoms with Gasteiger partial charge in [0.25, 0.3) is 0 Å². The second kappa shape index (κ2) is 7.87. The van der Waals surface area contributed by atoms with Crippen LogP contribution in [0.5, 0.6) is 0 Å². The molecule has 0 spiro atoms. The van der Waals surface area contributed by atoms with Gasteiger partial charge in [-0.3, -0.25) is 0 Å². The molecule has 0 amide bonds. The largest absolute Gasteiger partial charge is 0.136 e. The first kappa shape index (κ1) is 15.6. The first-order valence-electron chi connectivity index (χ1n) is 6.82. The van der Waals surface area contributed by atoms with Crippen LogP contribution in [0, 0.1) is 0 Å². The van der Waals surface area contributed by atoms with Gasteiger partial charge in [-0.05, 0) is 61.6 Å². The SMILES string of the molecule is CC=C(CCCCCl)c1ccc(-c2ccc(Cl)cc2)s1. The van der Waals surface area contributed by atoms with Crippen molar-refractivity contribution >= 4 is 40.1 Å². The summed E-state index contributed by atoms with van der Waals surface area (Å²) in [5.74, 6) is 0.747. The third-order valence-electron chi connectivity index (χ3n) is 3.23. The van der Waals surface area contributed by atoms with Crippen molar-refractivity contribution in [3.8, 4) is 10.4 Å². The fourth-order valence-corrected chi connectivity index (χ4v) is 3.53. The van der Waals surface area contributed by atoms with Gasteiger partial charge in [-0.2, -0.15) is 0 Å². The monoisotopic (exact) mass is 324 g/mol. The topological polar surface area (TPSA) is 0 Å². The van der Waals surface area contributed by atoms with Gasteiger partial charge in [0.2, 0.25) is 0 Å². The van der Waals surface area contributed by atoms with E-state index in [0.717, 1.165) is 30.2 Å². The second-order valence-corrected chi connectivity index (χ2v) is 6.53.